The van der Waals surface area contributed by atoms with Crippen molar-refractivity contribution >= 4 is 69.2 Å². The van der Waals surface area contributed by atoms with Crippen LogP contribution in [-0.4, -0.2) is 10.2 Å². The summed E-state index contributed by atoms with van der Waals surface area (Å²) >= 11 is 19.2. The molecule has 2 aromatic carbocycles. The van der Waals surface area contributed by atoms with Crippen LogP contribution in [0, 0.1) is 0 Å². The molecule has 0 unspecified atom stereocenters. The summed E-state index contributed by atoms with van der Waals surface area (Å²) in [6.07, 6.45) is 2.63. The molecule has 4 rings (SSSR count). The minimum Gasteiger partial charge on any atom is -0.457 e. The molecule has 0 saturated carbocycles. The Bertz CT molecular complexity index is 1120. The fourth-order valence-corrected chi connectivity index (χ4v) is 4.86. The van der Waals surface area contributed by atoms with Gasteiger partial charge in [-0.1, -0.05) is 72.3 Å². The number of benzene rings is 2. The summed E-state index contributed by atoms with van der Waals surface area (Å²) in [4.78, 5) is 15.0. The average Bonchev–Trinajstić information content (AvgIpc) is 3.26. The minimum atomic E-state index is -0.169. The standard InChI is InChI=1S/C22H15Cl2NO2S2/c1-2-13-6-8-14(9-7-13)25-21(26)19(29-22(25)28)12-15-10-11-18(27-15)20-16(23)4-3-5-17(20)24/h3-12H,2H2,1H3. The van der Waals surface area contributed by atoms with Crippen LogP contribution in [0.1, 0.15) is 18.2 Å². The Morgan fingerprint density at radius 2 is 1.76 bits per heavy atom. The summed E-state index contributed by atoms with van der Waals surface area (Å²) < 4.78 is 6.37. The van der Waals surface area contributed by atoms with Gasteiger partial charge in [0, 0.05) is 6.08 Å². The number of thioether (sulfide) groups is 1. The molecule has 3 aromatic rings. The molecule has 0 aliphatic carbocycles. The Hall–Kier alpha value is -2.05. The van der Waals surface area contributed by atoms with Crippen LogP contribution in [0.25, 0.3) is 17.4 Å². The number of carbonyl (C=O) groups excluding carboxylic acids is 1. The van der Waals surface area contributed by atoms with Crippen molar-refractivity contribution in [3.8, 4) is 11.3 Å². The quantitative estimate of drug-likeness (QED) is 0.304. The lowest BCUT2D eigenvalue weighted by Crippen LogP contribution is -2.27. The molecule has 0 N–H and O–H groups in total. The van der Waals surface area contributed by atoms with E-state index in [2.05, 4.69) is 6.92 Å². The van der Waals surface area contributed by atoms with Gasteiger partial charge in [0.1, 0.15) is 11.5 Å². The summed E-state index contributed by atoms with van der Waals surface area (Å²) in [5, 5.41) is 1.00. The maximum absolute atomic E-state index is 12.9. The molecule has 1 aromatic heterocycles. The smallest absolute Gasteiger partial charge is 0.270 e. The average molecular weight is 460 g/mol. The van der Waals surface area contributed by atoms with Crippen molar-refractivity contribution in [3.05, 3.63) is 80.9 Å². The Morgan fingerprint density at radius 3 is 2.41 bits per heavy atom. The lowest BCUT2D eigenvalue weighted by molar-refractivity contribution is -0.113. The third-order valence-electron chi connectivity index (χ3n) is 4.51. The Labute approximate surface area is 188 Å². The van der Waals surface area contributed by atoms with Crippen molar-refractivity contribution in [1.29, 1.82) is 0 Å². The SMILES string of the molecule is CCc1ccc(N2C(=O)C(=Cc3ccc(-c4c(Cl)cccc4Cl)o3)SC2=S)cc1. The minimum absolute atomic E-state index is 0.169. The van der Waals surface area contributed by atoms with E-state index in [1.54, 1.807) is 41.3 Å². The van der Waals surface area contributed by atoms with Crippen molar-refractivity contribution < 1.29 is 9.21 Å². The second-order valence-electron chi connectivity index (χ2n) is 6.34. The second kappa shape index (κ2) is 8.36. The van der Waals surface area contributed by atoms with E-state index in [-0.39, 0.29) is 5.91 Å². The predicted molar refractivity (Wildman–Crippen MR) is 126 cm³/mol. The normalized spacial score (nSPS) is 15.6. The number of anilines is 1. The predicted octanol–water partition coefficient (Wildman–Crippen LogP) is 7.22. The third-order valence-corrected chi connectivity index (χ3v) is 6.44. The van der Waals surface area contributed by atoms with E-state index in [4.69, 9.17) is 39.8 Å². The monoisotopic (exact) mass is 459 g/mol. The van der Waals surface area contributed by atoms with Gasteiger partial charge in [0.2, 0.25) is 0 Å². The first kappa shape index (κ1) is 20.2. The third kappa shape index (κ3) is 4.01. The summed E-state index contributed by atoms with van der Waals surface area (Å²) in [6.45, 7) is 2.09. The van der Waals surface area contributed by atoms with Gasteiger partial charge < -0.3 is 4.42 Å². The highest BCUT2D eigenvalue weighted by molar-refractivity contribution is 8.27. The highest BCUT2D eigenvalue weighted by atomic mass is 35.5. The van der Waals surface area contributed by atoms with Crippen LogP contribution in [0.5, 0.6) is 0 Å². The lowest BCUT2D eigenvalue weighted by Gasteiger charge is -2.14. The van der Waals surface area contributed by atoms with Crippen LogP contribution in [0.4, 0.5) is 5.69 Å². The number of furan rings is 1. The van der Waals surface area contributed by atoms with Gasteiger partial charge in [-0.25, -0.2) is 0 Å². The molecule has 1 aliphatic rings. The van der Waals surface area contributed by atoms with Crippen LogP contribution in [0.2, 0.25) is 10.0 Å². The van der Waals surface area contributed by atoms with Crippen LogP contribution < -0.4 is 4.90 Å². The molecule has 0 radical (unpaired) electrons. The molecule has 7 heteroatoms. The van der Waals surface area contributed by atoms with E-state index in [0.717, 1.165) is 12.1 Å². The maximum atomic E-state index is 12.9. The molecule has 3 nitrogen and oxygen atoms in total. The van der Waals surface area contributed by atoms with E-state index >= 15 is 0 Å². The van der Waals surface area contributed by atoms with Gasteiger partial charge in [-0.3, -0.25) is 9.69 Å². The van der Waals surface area contributed by atoms with E-state index in [1.807, 2.05) is 24.3 Å². The molecular weight excluding hydrogens is 445 g/mol. The lowest BCUT2D eigenvalue weighted by atomic mass is 10.1. The number of amides is 1. The first-order valence-corrected chi connectivity index (χ1v) is 10.9. The molecule has 1 fully saturated rings. The van der Waals surface area contributed by atoms with Crippen molar-refractivity contribution in [2.75, 3.05) is 4.90 Å². The van der Waals surface area contributed by atoms with E-state index in [9.17, 15) is 4.79 Å². The van der Waals surface area contributed by atoms with E-state index in [0.29, 0.717) is 36.4 Å². The molecule has 29 heavy (non-hydrogen) atoms. The number of rotatable bonds is 4. The Balaban J connectivity index is 1.62. The molecule has 0 atom stereocenters. The summed E-state index contributed by atoms with van der Waals surface area (Å²) in [5.74, 6) is 0.897. The first-order valence-electron chi connectivity index (χ1n) is 8.89. The van der Waals surface area contributed by atoms with Crippen molar-refractivity contribution in [1.82, 2.24) is 0 Å². The van der Waals surface area contributed by atoms with E-state index in [1.165, 1.54) is 17.3 Å². The molecule has 0 spiro atoms. The largest absolute Gasteiger partial charge is 0.457 e. The van der Waals surface area contributed by atoms with Crippen LogP contribution in [0.15, 0.2) is 63.9 Å². The number of thiocarbonyl (C=S) groups is 1. The fourth-order valence-electron chi connectivity index (χ4n) is 3.00. The zero-order chi connectivity index (χ0) is 20.5. The van der Waals surface area contributed by atoms with Gasteiger partial charge in [0.25, 0.3) is 5.91 Å². The summed E-state index contributed by atoms with van der Waals surface area (Å²) in [7, 11) is 0. The number of aryl methyl sites for hydroxylation is 1. The number of hydrogen-bond donors (Lipinski definition) is 0. The van der Waals surface area contributed by atoms with E-state index < -0.39 is 0 Å². The topological polar surface area (TPSA) is 33.5 Å². The van der Waals surface area contributed by atoms with Gasteiger partial charge >= 0.3 is 0 Å². The number of nitrogens with zero attached hydrogens (tertiary/aromatic N) is 1. The second-order valence-corrected chi connectivity index (χ2v) is 8.83. The van der Waals surface area contributed by atoms with Crippen LogP contribution >= 0.6 is 47.2 Å². The van der Waals surface area contributed by atoms with Gasteiger partial charge in [-0.15, -0.1) is 0 Å². The molecule has 1 aliphatic heterocycles. The van der Waals surface area contributed by atoms with Gasteiger partial charge in [-0.2, -0.15) is 0 Å². The highest BCUT2D eigenvalue weighted by Gasteiger charge is 2.33. The van der Waals surface area contributed by atoms with Gasteiger partial charge in [-0.05, 0) is 48.4 Å². The summed E-state index contributed by atoms with van der Waals surface area (Å²) in [6, 6.07) is 16.7. The maximum Gasteiger partial charge on any atom is 0.270 e. The number of carbonyl (C=O) groups is 1. The molecule has 146 valence electrons. The zero-order valence-corrected chi connectivity index (χ0v) is 18.5. The summed E-state index contributed by atoms with van der Waals surface area (Å²) in [5.41, 5.74) is 2.59. The van der Waals surface area contributed by atoms with Gasteiger partial charge in [0.15, 0.2) is 4.32 Å². The first-order chi connectivity index (χ1) is 14.0. The molecule has 1 saturated heterocycles. The zero-order valence-electron chi connectivity index (χ0n) is 15.3. The Morgan fingerprint density at radius 1 is 1.07 bits per heavy atom. The number of halogens is 2. The van der Waals surface area contributed by atoms with Crippen molar-refractivity contribution in [2.24, 2.45) is 0 Å². The van der Waals surface area contributed by atoms with Crippen LogP contribution in [-0.2, 0) is 11.2 Å². The molecule has 1 amide bonds. The highest BCUT2D eigenvalue weighted by Crippen LogP contribution is 2.38. The molecular formula is C22H15Cl2NO2S2. The van der Waals surface area contributed by atoms with Crippen molar-refractivity contribution in [3.63, 3.8) is 0 Å². The molecule has 2 heterocycles. The fraction of sp³-hybridized carbons (Fsp3) is 0.0909. The number of hydrogen-bond acceptors (Lipinski definition) is 4. The Kier molecular flexibility index (Phi) is 5.83. The van der Waals surface area contributed by atoms with Gasteiger partial charge in [0.05, 0.1) is 26.2 Å². The molecule has 0 bridgehead atoms. The van der Waals surface area contributed by atoms with Crippen LogP contribution in [0.3, 0.4) is 0 Å². The van der Waals surface area contributed by atoms with Crippen molar-refractivity contribution in [2.45, 2.75) is 13.3 Å².